The van der Waals surface area contributed by atoms with Crippen LogP contribution >= 0.6 is 23.2 Å². The molecule has 0 aromatic carbocycles. The van der Waals surface area contributed by atoms with Crippen molar-refractivity contribution in [2.24, 2.45) is 0 Å². The summed E-state index contributed by atoms with van der Waals surface area (Å²) in [6.07, 6.45) is -0.0770. The van der Waals surface area contributed by atoms with E-state index >= 15 is 0 Å². The quantitative estimate of drug-likeness (QED) is 0.852. The van der Waals surface area contributed by atoms with Crippen LogP contribution in [0.15, 0.2) is 12.4 Å². The normalized spacial score (nSPS) is 14.3. The zero-order valence-corrected chi connectivity index (χ0v) is 9.07. The van der Waals surface area contributed by atoms with Crippen LogP contribution in [0.5, 0.6) is 0 Å². The molecule has 1 aromatic heterocycles. The molecule has 0 aliphatic carbocycles. The lowest BCUT2D eigenvalue weighted by Crippen LogP contribution is -2.18. The zero-order chi connectivity index (χ0) is 11.4. The number of hydrogen-bond donors (Lipinski definition) is 2. The standard InChI is InChI=1S/C9H8Cl2N2O2/c10-5-3-13-4-6(11)8(5)9(15)7(14)1-2-12/h3-4,7,9,14-15H,1H2. The topological polar surface area (TPSA) is 77.1 Å². The lowest BCUT2D eigenvalue weighted by Gasteiger charge is -2.17. The van der Waals surface area contributed by atoms with Crippen LogP contribution in [0.3, 0.4) is 0 Å². The van der Waals surface area contributed by atoms with Gasteiger partial charge >= 0.3 is 0 Å². The second-order valence-corrected chi connectivity index (χ2v) is 3.71. The Kier molecular flexibility index (Phi) is 4.30. The van der Waals surface area contributed by atoms with Crippen molar-refractivity contribution < 1.29 is 10.2 Å². The average Bonchev–Trinajstić information content (AvgIpc) is 2.17. The minimum absolute atomic E-state index is 0.159. The van der Waals surface area contributed by atoms with Crippen molar-refractivity contribution in [2.45, 2.75) is 18.6 Å². The maximum absolute atomic E-state index is 9.68. The van der Waals surface area contributed by atoms with E-state index in [9.17, 15) is 10.2 Å². The summed E-state index contributed by atoms with van der Waals surface area (Å²) in [6.45, 7) is 0. The number of nitriles is 1. The minimum Gasteiger partial charge on any atom is -0.389 e. The molecule has 1 rings (SSSR count). The van der Waals surface area contributed by atoms with Gasteiger partial charge in [0.2, 0.25) is 0 Å². The number of aliphatic hydroxyl groups excluding tert-OH is 2. The fourth-order valence-corrected chi connectivity index (χ4v) is 1.69. The first kappa shape index (κ1) is 12.2. The second-order valence-electron chi connectivity index (χ2n) is 2.89. The Bertz CT molecular complexity index is 372. The highest BCUT2D eigenvalue weighted by atomic mass is 35.5. The van der Waals surface area contributed by atoms with Crippen molar-refractivity contribution in [3.8, 4) is 6.07 Å². The third kappa shape index (κ3) is 2.80. The molecule has 2 atom stereocenters. The van der Waals surface area contributed by atoms with Gasteiger partial charge in [-0.3, -0.25) is 4.98 Å². The predicted molar refractivity (Wildman–Crippen MR) is 55.5 cm³/mol. The molecule has 0 aliphatic heterocycles. The van der Waals surface area contributed by atoms with Crippen LogP contribution in [0.4, 0.5) is 0 Å². The molecule has 15 heavy (non-hydrogen) atoms. The number of nitrogens with zero attached hydrogens (tertiary/aromatic N) is 2. The van der Waals surface area contributed by atoms with Crippen molar-refractivity contribution in [3.63, 3.8) is 0 Å². The Morgan fingerprint density at radius 3 is 2.33 bits per heavy atom. The monoisotopic (exact) mass is 246 g/mol. The number of aromatic nitrogens is 1. The van der Waals surface area contributed by atoms with Crippen LogP contribution in [0.2, 0.25) is 10.0 Å². The Hall–Kier alpha value is -0.860. The van der Waals surface area contributed by atoms with E-state index in [1.54, 1.807) is 6.07 Å². The summed E-state index contributed by atoms with van der Waals surface area (Å²) < 4.78 is 0. The van der Waals surface area contributed by atoms with Gasteiger partial charge in [0.15, 0.2) is 0 Å². The van der Waals surface area contributed by atoms with Crippen LogP contribution in [-0.4, -0.2) is 21.3 Å². The number of rotatable bonds is 3. The lowest BCUT2D eigenvalue weighted by molar-refractivity contribution is 0.0217. The van der Waals surface area contributed by atoms with Crippen LogP contribution in [-0.2, 0) is 0 Å². The SMILES string of the molecule is N#CCC(O)C(O)c1c(Cl)cncc1Cl. The van der Waals surface area contributed by atoms with E-state index in [0.717, 1.165) is 0 Å². The molecule has 2 N–H and O–H groups in total. The van der Waals surface area contributed by atoms with Gasteiger partial charge in [-0.15, -0.1) is 0 Å². The Balaban J connectivity index is 3.01. The van der Waals surface area contributed by atoms with Gasteiger partial charge in [0, 0.05) is 18.0 Å². The predicted octanol–water partition coefficient (Wildman–Crippen LogP) is 1.70. The molecule has 0 amide bonds. The molecule has 0 saturated heterocycles. The Morgan fingerprint density at radius 1 is 1.33 bits per heavy atom. The highest BCUT2D eigenvalue weighted by Crippen LogP contribution is 2.31. The molecule has 0 saturated carbocycles. The summed E-state index contributed by atoms with van der Waals surface area (Å²) in [7, 11) is 0. The first-order valence-electron chi connectivity index (χ1n) is 4.10. The molecule has 80 valence electrons. The third-order valence-electron chi connectivity index (χ3n) is 1.85. The molecular formula is C9H8Cl2N2O2. The maximum Gasteiger partial charge on any atom is 0.109 e. The van der Waals surface area contributed by atoms with Crippen LogP contribution in [0.1, 0.15) is 18.1 Å². The summed E-state index contributed by atoms with van der Waals surface area (Å²) in [5, 5.41) is 27.8. The van der Waals surface area contributed by atoms with Gasteiger partial charge in [0.1, 0.15) is 6.10 Å². The molecule has 6 heteroatoms. The van der Waals surface area contributed by atoms with E-state index in [0.29, 0.717) is 0 Å². The summed E-state index contributed by atoms with van der Waals surface area (Å²) in [4.78, 5) is 3.71. The van der Waals surface area contributed by atoms with Crippen LogP contribution in [0, 0.1) is 11.3 Å². The van der Waals surface area contributed by atoms with Gasteiger partial charge in [-0.1, -0.05) is 23.2 Å². The van der Waals surface area contributed by atoms with E-state index in [1.165, 1.54) is 12.4 Å². The number of aliphatic hydroxyl groups is 2. The summed E-state index contributed by atoms with van der Waals surface area (Å²) >= 11 is 11.5. The molecule has 2 unspecified atom stereocenters. The van der Waals surface area contributed by atoms with E-state index < -0.39 is 12.2 Å². The van der Waals surface area contributed by atoms with Crippen molar-refractivity contribution in [1.29, 1.82) is 5.26 Å². The van der Waals surface area contributed by atoms with Crippen LogP contribution < -0.4 is 0 Å². The van der Waals surface area contributed by atoms with Crippen LogP contribution in [0.25, 0.3) is 0 Å². The highest BCUT2D eigenvalue weighted by molar-refractivity contribution is 6.35. The molecular weight excluding hydrogens is 239 g/mol. The highest BCUT2D eigenvalue weighted by Gasteiger charge is 2.23. The molecule has 0 fully saturated rings. The number of hydrogen-bond acceptors (Lipinski definition) is 4. The second kappa shape index (κ2) is 5.29. The van der Waals surface area contributed by atoms with Crippen molar-refractivity contribution in [2.75, 3.05) is 0 Å². The number of halogens is 2. The Labute approximate surface area is 96.7 Å². The maximum atomic E-state index is 9.68. The minimum atomic E-state index is -1.28. The molecule has 4 nitrogen and oxygen atoms in total. The van der Waals surface area contributed by atoms with Crippen molar-refractivity contribution in [3.05, 3.63) is 28.0 Å². The Morgan fingerprint density at radius 2 is 1.87 bits per heavy atom. The van der Waals surface area contributed by atoms with Gasteiger partial charge in [0.25, 0.3) is 0 Å². The van der Waals surface area contributed by atoms with Gasteiger partial charge in [0.05, 0.1) is 28.6 Å². The summed E-state index contributed by atoms with van der Waals surface area (Å²) in [6, 6.07) is 1.75. The zero-order valence-electron chi connectivity index (χ0n) is 7.56. The summed E-state index contributed by atoms with van der Waals surface area (Å²) in [5.74, 6) is 0. The molecule has 1 aromatic rings. The van der Waals surface area contributed by atoms with E-state index in [-0.39, 0.29) is 22.0 Å². The van der Waals surface area contributed by atoms with E-state index in [2.05, 4.69) is 4.98 Å². The fourth-order valence-electron chi connectivity index (χ4n) is 1.10. The first-order chi connectivity index (χ1) is 7.07. The van der Waals surface area contributed by atoms with E-state index in [4.69, 9.17) is 28.5 Å². The van der Waals surface area contributed by atoms with Gasteiger partial charge in [-0.2, -0.15) is 5.26 Å². The average molecular weight is 247 g/mol. The third-order valence-corrected chi connectivity index (χ3v) is 2.45. The number of pyridine rings is 1. The summed E-state index contributed by atoms with van der Waals surface area (Å²) in [5.41, 5.74) is 0.191. The molecule has 0 bridgehead atoms. The smallest absolute Gasteiger partial charge is 0.109 e. The molecule has 0 aliphatic rings. The van der Waals surface area contributed by atoms with Crippen molar-refractivity contribution >= 4 is 23.2 Å². The fraction of sp³-hybridized carbons (Fsp3) is 0.333. The van der Waals surface area contributed by atoms with Gasteiger partial charge in [-0.25, -0.2) is 0 Å². The lowest BCUT2D eigenvalue weighted by atomic mass is 10.0. The first-order valence-corrected chi connectivity index (χ1v) is 4.85. The van der Waals surface area contributed by atoms with Gasteiger partial charge in [-0.05, 0) is 0 Å². The van der Waals surface area contributed by atoms with E-state index in [1.807, 2.05) is 0 Å². The van der Waals surface area contributed by atoms with Crippen molar-refractivity contribution in [1.82, 2.24) is 4.98 Å². The van der Waals surface area contributed by atoms with Gasteiger partial charge < -0.3 is 10.2 Å². The molecule has 0 radical (unpaired) electrons. The molecule has 1 heterocycles. The molecule has 0 spiro atoms. The largest absolute Gasteiger partial charge is 0.389 e.